The Labute approximate surface area is 84.1 Å². The third-order valence-corrected chi connectivity index (χ3v) is 3.06. The molecule has 1 saturated carbocycles. The predicted molar refractivity (Wildman–Crippen MR) is 55.7 cm³/mol. The van der Waals surface area contributed by atoms with E-state index < -0.39 is 0 Å². The molecule has 1 fully saturated rings. The van der Waals surface area contributed by atoms with Crippen LogP contribution in [0.2, 0.25) is 0 Å². The van der Waals surface area contributed by atoms with E-state index >= 15 is 0 Å². The van der Waals surface area contributed by atoms with E-state index in [1.54, 1.807) is 13.0 Å². The Morgan fingerprint density at radius 1 is 1.50 bits per heavy atom. The first-order chi connectivity index (χ1) is 6.72. The highest BCUT2D eigenvalue weighted by Crippen LogP contribution is 2.42. The van der Waals surface area contributed by atoms with E-state index in [9.17, 15) is 4.39 Å². The van der Waals surface area contributed by atoms with Gasteiger partial charge in [-0.25, -0.2) is 4.39 Å². The Balaban J connectivity index is 2.25. The normalized spacial score (nSPS) is 18.2. The summed E-state index contributed by atoms with van der Waals surface area (Å²) in [4.78, 5) is 0. The summed E-state index contributed by atoms with van der Waals surface area (Å²) in [6.07, 6.45) is 2.55. The fourth-order valence-electron chi connectivity index (χ4n) is 2.00. The van der Waals surface area contributed by atoms with Crippen molar-refractivity contribution in [2.24, 2.45) is 11.7 Å². The van der Waals surface area contributed by atoms with Crippen LogP contribution in [0.1, 0.15) is 29.9 Å². The Morgan fingerprint density at radius 2 is 2.21 bits per heavy atom. The first-order valence-corrected chi connectivity index (χ1v) is 5.18. The number of rotatable bonds is 3. The van der Waals surface area contributed by atoms with E-state index in [1.807, 2.05) is 12.1 Å². The molecular weight excluding hydrogens is 177 g/mol. The van der Waals surface area contributed by atoms with Gasteiger partial charge in [-0.05, 0) is 55.3 Å². The van der Waals surface area contributed by atoms with Gasteiger partial charge in [0.15, 0.2) is 0 Å². The summed E-state index contributed by atoms with van der Waals surface area (Å²) >= 11 is 0. The van der Waals surface area contributed by atoms with Crippen LogP contribution >= 0.6 is 0 Å². The van der Waals surface area contributed by atoms with Crippen molar-refractivity contribution in [1.29, 1.82) is 0 Å². The van der Waals surface area contributed by atoms with Crippen LogP contribution in [-0.2, 0) is 0 Å². The minimum absolute atomic E-state index is 0.125. The lowest BCUT2D eigenvalue weighted by Gasteiger charge is -2.14. The molecule has 1 unspecified atom stereocenters. The van der Waals surface area contributed by atoms with E-state index in [2.05, 4.69) is 0 Å². The van der Waals surface area contributed by atoms with Gasteiger partial charge in [-0.1, -0.05) is 12.1 Å². The highest BCUT2D eigenvalue weighted by Gasteiger charge is 2.31. The zero-order valence-corrected chi connectivity index (χ0v) is 8.46. The van der Waals surface area contributed by atoms with Gasteiger partial charge in [0, 0.05) is 0 Å². The molecule has 0 amide bonds. The zero-order chi connectivity index (χ0) is 10.1. The standard InChI is InChI=1S/C12H16FN/c1-8-6-10(4-5-12(8)13)11(7-14)9-2-3-9/h4-6,9,11H,2-3,7,14H2,1H3. The van der Waals surface area contributed by atoms with Crippen molar-refractivity contribution in [2.45, 2.75) is 25.7 Å². The summed E-state index contributed by atoms with van der Waals surface area (Å²) < 4.78 is 13.1. The molecule has 1 aromatic carbocycles. The first kappa shape index (κ1) is 9.66. The monoisotopic (exact) mass is 193 g/mol. The van der Waals surface area contributed by atoms with E-state index in [0.717, 1.165) is 11.5 Å². The van der Waals surface area contributed by atoms with Crippen LogP contribution in [0.3, 0.4) is 0 Å². The summed E-state index contributed by atoms with van der Waals surface area (Å²) in [5.41, 5.74) is 7.67. The fraction of sp³-hybridized carbons (Fsp3) is 0.500. The van der Waals surface area contributed by atoms with Crippen molar-refractivity contribution in [3.63, 3.8) is 0 Å². The van der Waals surface area contributed by atoms with Gasteiger partial charge in [-0.15, -0.1) is 0 Å². The molecule has 0 radical (unpaired) electrons. The quantitative estimate of drug-likeness (QED) is 0.784. The highest BCUT2D eigenvalue weighted by atomic mass is 19.1. The number of hydrogen-bond donors (Lipinski definition) is 1. The predicted octanol–water partition coefficient (Wildman–Crippen LogP) is 2.59. The van der Waals surface area contributed by atoms with Gasteiger partial charge in [-0.2, -0.15) is 0 Å². The lowest BCUT2D eigenvalue weighted by atomic mass is 9.93. The average Bonchev–Trinajstić information content (AvgIpc) is 2.96. The average molecular weight is 193 g/mol. The minimum Gasteiger partial charge on any atom is -0.330 e. The number of nitrogens with two attached hydrogens (primary N) is 1. The van der Waals surface area contributed by atoms with E-state index in [4.69, 9.17) is 5.73 Å². The second kappa shape index (κ2) is 3.70. The molecule has 0 saturated heterocycles. The molecular formula is C12H16FN. The third kappa shape index (κ3) is 1.80. The van der Waals surface area contributed by atoms with Gasteiger partial charge >= 0.3 is 0 Å². The first-order valence-electron chi connectivity index (χ1n) is 5.18. The maximum Gasteiger partial charge on any atom is 0.126 e. The van der Waals surface area contributed by atoms with Gasteiger partial charge < -0.3 is 5.73 Å². The molecule has 1 aliphatic carbocycles. The zero-order valence-electron chi connectivity index (χ0n) is 8.46. The number of benzene rings is 1. The maximum atomic E-state index is 13.1. The van der Waals surface area contributed by atoms with E-state index in [0.29, 0.717) is 12.5 Å². The SMILES string of the molecule is Cc1cc(C(CN)C2CC2)ccc1F. The van der Waals surface area contributed by atoms with Crippen LogP contribution in [0.15, 0.2) is 18.2 Å². The Hall–Kier alpha value is -0.890. The third-order valence-electron chi connectivity index (χ3n) is 3.06. The molecule has 2 heteroatoms. The fourth-order valence-corrected chi connectivity index (χ4v) is 2.00. The lowest BCUT2D eigenvalue weighted by Crippen LogP contribution is -2.14. The molecule has 14 heavy (non-hydrogen) atoms. The lowest BCUT2D eigenvalue weighted by molar-refractivity contribution is 0.599. The minimum atomic E-state index is -0.125. The van der Waals surface area contributed by atoms with Crippen LogP contribution < -0.4 is 5.73 Å². The number of aryl methyl sites for hydroxylation is 1. The summed E-state index contributed by atoms with van der Waals surface area (Å²) in [6.45, 7) is 2.48. The molecule has 0 spiro atoms. The topological polar surface area (TPSA) is 26.0 Å². The maximum absolute atomic E-state index is 13.1. The van der Waals surface area contributed by atoms with Crippen LogP contribution in [0, 0.1) is 18.7 Å². The summed E-state index contributed by atoms with van der Waals surface area (Å²) in [7, 11) is 0. The van der Waals surface area contributed by atoms with Crippen LogP contribution in [-0.4, -0.2) is 6.54 Å². The molecule has 1 aliphatic rings. The second-order valence-electron chi connectivity index (χ2n) is 4.19. The molecule has 2 N–H and O–H groups in total. The Morgan fingerprint density at radius 3 is 2.71 bits per heavy atom. The Kier molecular flexibility index (Phi) is 2.55. The van der Waals surface area contributed by atoms with Crippen LogP contribution in [0.4, 0.5) is 4.39 Å². The number of hydrogen-bond acceptors (Lipinski definition) is 1. The Bertz CT molecular complexity index is 331. The molecule has 0 aromatic heterocycles. The van der Waals surface area contributed by atoms with E-state index in [-0.39, 0.29) is 5.82 Å². The van der Waals surface area contributed by atoms with Gasteiger partial charge in [-0.3, -0.25) is 0 Å². The molecule has 1 nitrogen and oxygen atoms in total. The van der Waals surface area contributed by atoms with Crippen molar-refractivity contribution in [3.8, 4) is 0 Å². The highest BCUT2D eigenvalue weighted by molar-refractivity contribution is 5.28. The van der Waals surface area contributed by atoms with Crippen LogP contribution in [0.25, 0.3) is 0 Å². The summed E-state index contributed by atoms with van der Waals surface area (Å²) in [5.74, 6) is 1.06. The van der Waals surface area contributed by atoms with E-state index in [1.165, 1.54) is 18.4 Å². The van der Waals surface area contributed by atoms with Gasteiger partial charge in [0.25, 0.3) is 0 Å². The van der Waals surface area contributed by atoms with Crippen molar-refractivity contribution < 1.29 is 4.39 Å². The molecule has 1 atom stereocenters. The van der Waals surface area contributed by atoms with Crippen molar-refractivity contribution in [1.82, 2.24) is 0 Å². The number of halogens is 1. The summed E-state index contributed by atoms with van der Waals surface area (Å²) in [5, 5.41) is 0. The molecule has 2 rings (SSSR count). The van der Waals surface area contributed by atoms with Crippen LogP contribution in [0.5, 0.6) is 0 Å². The van der Waals surface area contributed by atoms with Crippen molar-refractivity contribution in [3.05, 3.63) is 35.1 Å². The summed E-state index contributed by atoms with van der Waals surface area (Å²) in [6, 6.07) is 5.36. The molecule has 0 heterocycles. The molecule has 0 aliphatic heterocycles. The second-order valence-corrected chi connectivity index (χ2v) is 4.19. The largest absolute Gasteiger partial charge is 0.330 e. The smallest absolute Gasteiger partial charge is 0.126 e. The van der Waals surface area contributed by atoms with Crippen molar-refractivity contribution in [2.75, 3.05) is 6.54 Å². The van der Waals surface area contributed by atoms with Gasteiger partial charge in [0.05, 0.1) is 0 Å². The molecule has 1 aromatic rings. The molecule has 0 bridgehead atoms. The van der Waals surface area contributed by atoms with Gasteiger partial charge in [0.2, 0.25) is 0 Å². The molecule has 76 valence electrons. The van der Waals surface area contributed by atoms with Gasteiger partial charge in [0.1, 0.15) is 5.82 Å². The van der Waals surface area contributed by atoms with Crippen molar-refractivity contribution >= 4 is 0 Å².